The molecule has 1 fully saturated rings. The molecular weight excluding hydrogens is 240 g/mol. The van der Waals surface area contributed by atoms with Crippen LogP contribution < -0.4 is 4.90 Å². The molecule has 0 amide bonds. The first-order chi connectivity index (χ1) is 8.11. The van der Waals surface area contributed by atoms with Crippen molar-refractivity contribution in [3.63, 3.8) is 0 Å². The standard InChI is InChI=1S/C12H15ClN2O2/c1-2-15(7-8-3-4-8)11-9(12(16)17)5-6-10(13)14-11/h5-6,8H,2-4,7H2,1H3,(H,16,17). The summed E-state index contributed by atoms with van der Waals surface area (Å²) in [7, 11) is 0. The zero-order valence-corrected chi connectivity index (χ0v) is 10.4. The minimum atomic E-state index is -0.960. The number of carboxylic acid groups (broad SMARTS) is 1. The van der Waals surface area contributed by atoms with E-state index in [1.54, 1.807) is 0 Å². The van der Waals surface area contributed by atoms with Crippen molar-refractivity contribution in [3.05, 3.63) is 22.8 Å². The highest BCUT2D eigenvalue weighted by molar-refractivity contribution is 6.29. The van der Waals surface area contributed by atoms with Crippen molar-refractivity contribution >= 4 is 23.4 Å². The number of halogens is 1. The van der Waals surface area contributed by atoms with Crippen molar-refractivity contribution in [1.82, 2.24) is 4.98 Å². The Balaban J connectivity index is 2.31. The van der Waals surface area contributed by atoms with Gasteiger partial charge in [0.25, 0.3) is 0 Å². The molecule has 92 valence electrons. The topological polar surface area (TPSA) is 53.4 Å². The lowest BCUT2D eigenvalue weighted by atomic mass is 10.2. The van der Waals surface area contributed by atoms with Crippen molar-refractivity contribution in [2.24, 2.45) is 5.92 Å². The van der Waals surface area contributed by atoms with Crippen molar-refractivity contribution < 1.29 is 9.90 Å². The number of hydrogen-bond donors (Lipinski definition) is 1. The maximum atomic E-state index is 11.1. The predicted octanol–water partition coefficient (Wildman–Crippen LogP) is 2.67. The second-order valence-electron chi connectivity index (χ2n) is 4.29. The third kappa shape index (κ3) is 2.88. The highest BCUT2D eigenvalue weighted by Crippen LogP contribution is 2.32. The normalized spacial score (nSPS) is 14.7. The number of hydrogen-bond acceptors (Lipinski definition) is 3. The van der Waals surface area contributed by atoms with Gasteiger partial charge in [0.1, 0.15) is 16.5 Å². The summed E-state index contributed by atoms with van der Waals surface area (Å²) in [6.45, 7) is 3.60. The molecule has 17 heavy (non-hydrogen) atoms. The molecular formula is C12H15ClN2O2. The summed E-state index contributed by atoms with van der Waals surface area (Å²) in [5.41, 5.74) is 0.219. The Bertz CT molecular complexity index is 433. The van der Waals surface area contributed by atoms with Crippen LogP contribution in [0, 0.1) is 5.92 Å². The molecule has 0 aliphatic heterocycles. The third-order valence-corrected chi connectivity index (χ3v) is 3.14. The lowest BCUT2D eigenvalue weighted by molar-refractivity contribution is 0.0697. The molecule has 0 aromatic carbocycles. The summed E-state index contributed by atoms with van der Waals surface area (Å²) >= 11 is 5.84. The fraction of sp³-hybridized carbons (Fsp3) is 0.500. The first-order valence-corrected chi connectivity index (χ1v) is 6.14. The number of pyridine rings is 1. The molecule has 0 unspecified atom stereocenters. The number of carbonyl (C=O) groups is 1. The van der Waals surface area contributed by atoms with Gasteiger partial charge in [-0.3, -0.25) is 0 Å². The smallest absolute Gasteiger partial charge is 0.339 e. The minimum absolute atomic E-state index is 0.219. The summed E-state index contributed by atoms with van der Waals surface area (Å²) in [6, 6.07) is 3.03. The van der Waals surface area contributed by atoms with E-state index in [0.717, 1.165) is 13.1 Å². The molecule has 0 radical (unpaired) electrons. The van der Waals surface area contributed by atoms with Crippen LogP contribution in [0.5, 0.6) is 0 Å². The average molecular weight is 255 g/mol. The van der Waals surface area contributed by atoms with E-state index in [1.807, 2.05) is 11.8 Å². The summed E-state index contributed by atoms with van der Waals surface area (Å²) in [6.07, 6.45) is 2.44. The predicted molar refractivity (Wildman–Crippen MR) is 66.8 cm³/mol. The summed E-state index contributed by atoms with van der Waals surface area (Å²) < 4.78 is 0. The Morgan fingerprint density at radius 2 is 2.29 bits per heavy atom. The molecule has 0 bridgehead atoms. The van der Waals surface area contributed by atoms with E-state index < -0.39 is 5.97 Å². The van der Waals surface area contributed by atoms with Gasteiger partial charge in [0, 0.05) is 13.1 Å². The van der Waals surface area contributed by atoms with E-state index in [4.69, 9.17) is 16.7 Å². The van der Waals surface area contributed by atoms with Crippen LogP contribution in [-0.2, 0) is 0 Å². The molecule has 0 saturated heterocycles. The van der Waals surface area contributed by atoms with Gasteiger partial charge in [-0.15, -0.1) is 0 Å². The first kappa shape index (κ1) is 12.2. The molecule has 5 heteroatoms. The van der Waals surface area contributed by atoms with Crippen molar-refractivity contribution in [3.8, 4) is 0 Å². The Kier molecular flexibility index (Phi) is 3.52. The van der Waals surface area contributed by atoms with Gasteiger partial charge in [0.2, 0.25) is 0 Å². The molecule has 4 nitrogen and oxygen atoms in total. The monoisotopic (exact) mass is 254 g/mol. The zero-order chi connectivity index (χ0) is 12.4. The highest BCUT2D eigenvalue weighted by atomic mass is 35.5. The van der Waals surface area contributed by atoms with Gasteiger partial charge < -0.3 is 10.0 Å². The van der Waals surface area contributed by atoms with Gasteiger partial charge in [0.05, 0.1) is 0 Å². The van der Waals surface area contributed by atoms with Crippen molar-refractivity contribution in [2.45, 2.75) is 19.8 Å². The van der Waals surface area contributed by atoms with Gasteiger partial charge in [-0.2, -0.15) is 0 Å². The van der Waals surface area contributed by atoms with Crippen LogP contribution in [0.2, 0.25) is 5.15 Å². The highest BCUT2D eigenvalue weighted by Gasteiger charge is 2.26. The second-order valence-corrected chi connectivity index (χ2v) is 4.68. The molecule has 1 N–H and O–H groups in total. The summed E-state index contributed by atoms with van der Waals surface area (Å²) in [5.74, 6) is 0.204. The maximum Gasteiger partial charge on any atom is 0.339 e. The summed E-state index contributed by atoms with van der Waals surface area (Å²) in [4.78, 5) is 17.3. The fourth-order valence-corrected chi connectivity index (χ4v) is 1.95. The number of carboxylic acids is 1. The lowest BCUT2D eigenvalue weighted by Gasteiger charge is -2.23. The SMILES string of the molecule is CCN(CC1CC1)c1nc(Cl)ccc1C(=O)O. The zero-order valence-electron chi connectivity index (χ0n) is 9.69. The lowest BCUT2D eigenvalue weighted by Crippen LogP contribution is -2.28. The van der Waals surface area contributed by atoms with E-state index >= 15 is 0 Å². The first-order valence-electron chi connectivity index (χ1n) is 5.76. The van der Waals surface area contributed by atoms with E-state index in [-0.39, 0.29) is 5.56 Å². The van der Waals surface area contributed by atoms with E-state index in [1.165, 1.54) is 25.0 Å². The van der Waals surface area contributed by atoms with Gasteiger partial charge in [-0.25, -0.2) is 9.78 Å². The van der Waals surface area contributed by atoms with E-state index in [2.05, 4.69) is 4.98 Å². The molecule has 2 rings (SSSR count). The van der Waals surface area contributed by atoms with E-state index in [9.17, 15) is 4.79 Å². The van der Waals surface area contributed by atoms with Crippen LogP contribution in [0.15, 0.2) is 12.1 Å². The number of anilines is 1. The van der Waals surface area contributed by atoms with E-state index in [0.29, 0.717) is 16.9 Å². The van der Waals surface area contributed by atoms with Gasteiger partial charge in [-0.1, -0.05) is 11.6 Å². The van der Waals surface area contributed by atoms with Crippen LogP contribution in [0.4, 0.5) is 5.82 Å². The molecule has 1 saturated carbocycles. The Morgan fingerprint density at radius 1 is 1.59 bits per heavy atom. The van der Waals surface area contributed by atoms with Crippen LogP contribution in [0.25, 0.3) is 0 Å². The van der Waals surface area contributed by atoms with Crippen LogP contribution >= 0.6 is 11.6 Å². The molecule has 1 aromatic heterocycles. The second kappa shape index (κ2) is 4.92. The van der Waals surface area contributed by atoms with Crippen LogP contribution in [-0.4, -0.2) is 29.1 Å². The summed E-state index contributed by atoms with van der Waals surface area (Å²) in [5, 5.41) is 9.47. The third-order valence-electron chi connectivity index (χ3n) is 2.93. The molecule has 1 aliphatic rings. The van der Waals surface area contributed by atoms with Crippen molar-refractivity contribution in [2.75, 3.05) is 18.0 Å². The van der Waals surface area contributed by atoms with Gasteiger partial charge in [-0.05, 0) is 37.8 Å². The molecule has 1 aromatic rings. The molecule has 1 heterocycles. The van der Waals surface area contributed by atoms with Gasteiger partial charge >= 0.3 is 5.97 Å². The molecule has 0 atom stereocenters. The van der Waals surface area contributed by atoms with Crippen molar-refractivity contribution in [1.29, 1.82) is 0 Å². The molecule has 1 aliphatic carbocycles. The number of nitrogens with zero attached hydrogens (tertiary/aromatic N) is 2. The van der Waals surface area contributed by atoms with Gasteiger partial charge in [0.15, 0.2) is 0 Å². The molecule has 0 spiro atoms. The Morgan fingerprint density at radius 3 is 2.82 bits per heavy atom. The average Bonchev–Trinajstić information content (AvgIpc) is 3.09. The van der Waals surface area contributed by atoms with Crippen LogP contribution in [0.1, 0.15) is 30.1 Å². The maximum absolute atomic E-state index is 11.1. The number of aromatic nitrogens is 1. The minimum Gasteiger partial charge on any atom is -0.478 e. The quantitative estimate of drug-likeness (QED) is 0.821. The Hall–Kier alpha value is -1.29. The fourth-order valence-electron chi connectivity index (χ4n) is 1.81. The number of rotatable bonds is 5. The Labute approximate surface area is 105 Å². The number of aromatic carboxylic acids is 1. The largest absolute Gasteiger partial charge is 0.478 e. The van der Waals surface area contributed by atoms with Crippen LogP contribution in [0.3, 0.4) is 0 Å².